The molecule has 0 saturated carbocycles. The molecule has 0 bridgehead atoms. The third-order valence-electron chi connectivity index (χ3n) is 4.14. The van der Waals surface area contributed by atoms with Gasteiger partial charge in [-0.3, -0.25) is 4.99 Å². The summed E-state index contributed by atoms with van der Waals surface area (Å²) in [6.45, 7) is 11.4. The van der Waals surface area contributed by atoms with Crippen LogP contribution in [0.4, 0.5) is 5.69 Å². The first-order valence-corrected chi connectivity index (χ1v) is 9.08. The molecule has 1 aromatic rings. The fourth-order valence-corrected chi connectivity index (χ4v) is 3.90. The fourth-order valence-electron chi connectivity index (χ4n) is 2.88. The van der Waals surface area contributed by atoms with Crippen molar-refractivity contribution in [2.75, 3.05) is 24.5 Å². The Bertz CT molecular complexity index is 862. The molecule has 2 aliphatic rings. The van der Waals surface area contributed by atoms with Crippen LogP contribution in [0.25, 0.3) is 20.8 Å². The van der Waals surface area contributed by atoms with E-state index in [1.807, 2.05) is 0 Å². The maximum Gasteiger partial charge on any atom is 0.0813 e. The molecule has 3 nitrogen and oxygen atoms in total. The van der Waals surface area contributed by atoms with E-state index < -0.39 is 0 Å². The quantitative estimate of drug-likeness (QED) is 0.662. The second-order valence-electron chi connectivity index (χ2n) is 5.62. The summed E-state index contributed by atoms with van der Waals surface area (Å²) >= 11 is 1.80. The molecule has 1 heterocycles. The van der Waals surface area contributed by atoms with Gasteiger partial charge in [-0.1, -0.05) is 0 Å². The van der Waals surface area contributed by atoms with E-state index in [1.165, 1.54) is 20.8 Å². The van der Waals surface area contributed by atoms with Gasteiger partial charge in [0.05, 0.1) is 26.1 Å². The Kier molecular flexibility index (Phi) is 4.62. The maximum absolute atomic E-state index is 4.84. The molecule has 0 amide bonds. The number of benzene rings is 2. The first-order chi connectivity index (χ1) is 11.2. The van der Waals surface area contributed by atoms with Crippen LogP contribution in [0, 0.1) is 6.92 Å². The third kappa shape index (κ3) is 3.08. The Labute approximate surface area is 141 Å². The highest BCUT2D eigenvalue weighted by Crippen LogP contribution is 2.32. The molecule has 1 aliphatic heterocycles. The molecule has 1 aromatic carbocycles. The standard InChI is InChI=1S/C19H23N3S/c1-5-20-16-12-19-17(10-13(16)4)21-15-9-8-14(11-18(15)23-19)22(6-2)7-3/h8-12H,5-7H2,1-4H3/b20-16-. The van der Waals surface area contributed by atoms with Crippen LogP contribution in [0.15, 0.2) is 35.3 Å². The number of anilines is 1. The van der Waals surface area contributed by atoms with Crippen molar-refractivity contribution >= 4 is 27.2 Å². The molecule has 0 N–H and O–H groups in total. The van der Waals surface area contributed by atoms with Crippen LogP contribution in [0.1, 0.15) is 26.3 Å². The Hall–Kier alpha value is -1.94. The van der Waals surface area contributed by atoms with E-state index in [9.17, 15) is 0 Å². The van der Waals surface area contributed by atoms with Crippen molar-refractivity contribution in [2.45, 2.75) is 27.7 Å². The number of aromatic nitrogens is 1. The lowest BCUT2D eigenvalue weighted by molar-refractivity contribution is 0.867. The van der Waals surface area contributed by atoms with Crippen LogP contribution in [0.2, 0.25) is 0 Å². The lowest BCUT2D eigenvalue weighted by Gasteiger charge is -2.21. The molecular formula is C19H23N3S. The van der Waals surface area contributed by atoms with Crippen LogP contribution < -0.4 is 10.3 Å². The second kappa shape index (κ2) is 6.67. The second-order valence-corrected chi connectivity index (χ2v) is 6.70. The summed E-state index contributed by atoms with van der Waals surface area (Å²) in [5.41, 5.74) is 4.59. The van der Waals surface area contributed by atoms with E-state index in [0.29, 0.717) is 0 Å². The zero-order valence-corrected chi connectivity index (χ0v) is 15.1. The van der Waals surface area contributed by atoms with Crippen molar-refractivity contribution in [3.8, 4) is 10.6 Å². The molecule has 1 aliphatic carbocycles. The van der Waals surface area contributed by atoms with Crippen LogP contribution in [0.3, 0.4) is 0 Å². The van der Waals surface area contributed by atoms with Gasteiger partial charge >= 0.3 is 0 Å². The summed E-state index contributed by atoms with van der Waals surface area (Å²) in [5.74, 6) is 0. The topological polar surface area (TPSA) is 28.5 Å². The van der Waals surface area contributed by atoms with E-state index >= 15 is 0 Å². The first-order valence-electron chi connectivity index (χ1n) is 8.27. The molecule has 0 unspecified atom stereocenters. The molecule has 0 fully saturated rings. The van der Waals surface area contributed by atoms with Gasteiger partial charge in [-0.2, -0.15) is 0 Å². The number of nitrogens with zero attached hydrogens (tertiary/aromatic N) is 3. The molecule has 4 heteroatoms. The summed E-state index contributed by atoms with van der Waals surface area (Å²) in [6.07, 6.45) is 0. The molecule has 0 radical (unpaired) electrons. The predicted molar refractivity (Wildman–Crippen MR) is 101 cm³/mol. The Morgan fingerprint density at radius 3 is 2.57 bits per heavy atom. The Balaban J connectivity index is 2.21. The highest BCUT2D eigenvalue weighted by molar-refractivity contribution is 7.21. The zero-order chi connectivity index (χ0) is 16.4. The van der Waals surface area contributed by atoms with E-state index in [-0.39, 0.29) is 0 Å². The monoisotopic (exact) mass is 325 g/mol. The smallest absolute Gasteiger partial charge is 0.0813 e. The van der Waals surface area contributed by atoms with Gasteiger partial charge in [-0.15, -0.1) is 11.3 Å². The minimum absolute atomic E-state index is 0.810. The van der Waals surface area contributed by atoms with Crippen molar-refractivity contribution in [3.63, 3.8) is 0 Å². The van der Waals surface area contributed by atoms with Gasteiger partial charge in [0.25, 0.3) is 0 Å². The number of hydrogen-bond donors (Lipinski definition) is 0. The molecule has 0 spiro atoms. The molecular weight excluding hydrogens is 302 g/mol. The highest BCUT2D eigenvalue weighted by atomic mass is 32.1. The summed E-state index contributed by atoms with van der Waals surface area (Å²) < 4.78 is 1.23. The molecule has 23 heavy (non-hydrogen) atoms. The molecule has 120 valence electrons. The summed E-state index contributed by atoms with van der Waals surface area (Å²) in [4.78, 5) is 13.0. The van der Waals surface area contributed by atoms with Crippen LogP contribution in [-0.4, -0.2) is 24.6 Å². The van der Waals surface area contributed by atoms with Crippen molar-refractivity contribution < 1.29 is 0 Å². The molecule has 0 aromatic heterocycles. The van der Waals surface area contributed by atoms with Crippen molar-refractivity contribution in [1.82, 2.24) is 4.98 Å². The van der Waals surface area contributed by atoms with Gasteiger partial charge in [0.2, 0.25) is 0 Å². The van der Waals surface area contributed by atoms with Crippen LogP contribution in [0.5, 0.6) is 0 Å². The average Bonchev–Trinajstić information content (AvgIpc) is 2.55. The summed E-state index contributed by atoms with van der Waals surface area (Å²) in [6, 6.07) is 10.9. The molecule has 0 atom stereocenters. The number of hydrogen-bond acceptors (Lipinski definition) is 4. The van der Waals surface area contributed by atoms with Gasteiger partial charge in [-0.25, -0.2) is 4.98 Å². The van der Waals surface area contributed by atoms with Crippen LogP contribution >= 0.6 is 11.3 Å². The number of aryl methyl sites for hydroxylation is 1. The summed E-state index contributed by atoms with van der Waals surface area (Å²) in [7, 11) is 0. The highest BCUT2D eigenvalue weighted by Gasteiger charge is 2.10. The predicted octanol–water partition coefficient (Wildman–Crippen LogP) is 4.48. The van der Waals surface area contributed by atoms with Crippen molar-refractivity contribution in [3.05, 3.63) is 41.3 Å². The minimum Gasteiger partial charge on any atom is -0.372 e. The number of fused-ring (bicyclic) bond motifs is 2. The SMILES string of the molecule is CC/N=c1/cc2sc3cc(N(CC)CC)ccc3nc-2cc1C. The Morgan fingerprint density at radius 1 is 1.09 bits per heavy atom. The van der Waals surface area contributed by atoms with Crippen LogP contribution in [-0.2, 0) is 0 Å². The van der Waals surface area contributed by atoms with Crippen molar-refractivity contribution in [1.29, 1.82) is 0 Å². The van der Waals surface area contributed by atoms with E-state index in [0.717, 1.165) is 36.2 Å². The van der Waals surface area contributed by atoms with Gasteiger partial charge < -0.3 is 4.90 Å². The van der Waals surface area contributed by atoms with Gasteiger partial charge in [-0.05, 0) is 63.6 Å². The first kappa shape index (κ1) is 15.9. The average molecular weight is 325 g/mol. The minimum atomic E-state index is 0.810. The maximum atomic E-state index is 4.84. The normalized spacial score (nSPS) is 12.3. The van der Waals surface area contributed by atoms with Crippen molar-refractivity contribution in [2.24, 2.45) is 4.99 Å². The van der Waals surface area contributed by atoms with Gasteiger partial charge in [0.15, 0.2) is 0 Å². The van der Waals surface area contributed by atoms with E-state index in [4.69, 9.17) is 4.98 Å². The molecule has 3 rings (SSSR count). The zero-order valence-electron chi connectivity index (χ0n) is 14.3. The van der Waals surface area contributed by atoms with Gasteiger partial charge in [0, 0.05) is 25.3 Å². The Morgan fingerprint density at radius 2 is 1.87 bits per heavy atom. The van der Waals surface area contributed by atoms with E-state index in [2.05, 4.69) is 67.9 Å². The summed E-state index contributed by atoms with van der Waals surface area (Å²) in [5, 5.41) is 1.08. The largest absolute Gasteiger partial charge is 0.372 e. The van der Waals surface area contributed by atoms with E-state index in [1.54, 1.807) is 11.3 Å². The fraction of sp³-hybridized carbons (Fsp3) is 0.368. The third-order valence-corrected chi connectivity index (χ3v) is 5.23. The number of rotatable bonds is 4. The molecule has 0 saturated heterocycles. The lowest BCUT2D eigenvalue weighted by Crippen LogP contribution is -2.21. The lowest BCUT2D eigenvalue weighted by atomic mass is 10.1. The van der Waals surface area contributed by atoms with Gasteiger partial charge in [0.1, 0.15) is 0 Å².